The maximum Gasteiger partial charge on any atom is 0.319 e. The van der Waals surface area contributed by atoms with Crippen LogP contribution in [0.4, 0.5) is 20.6 Å². The number of rotatable bonds is 4. The van der Waals surface area contributed by atoms with E-state index < -0.39 is 6.03 Å². The first-order chi connectivity index (χ1) is 12.0. The molecule has 0 radical (unpaired) electrons. The highest BCUT2D eigenvalue weighted by Gasteiger charge is 2.18. The molecule has 0 saturated carbocycles. The first-order valence-electron chi connectivity index (χ1n) is 8.50. The smallest absolute Gasteiger partial charge is 0.319 e. The molecule has 3 rings (SSSR count). The number of nitrogens with one attached hydrogen (secondary N) is 2. The summed E-state index contributed by atoms with van der Waals surface area (Å²) in [4.78, 5) is 14.5. The molecule has 0 aliphatic carbocycles. The standard InChI is InChI=1S/C17H23FN6O/c1-12(16-22-19-11-23(16)2)20-17(25)21-14-10-13(18)6-7-15(14)24-8-4-3-5-9-24/h6-7,10-12H,3-5,8-9H2,1-2H3,(H2,20,21,25)/t12-/m0/s1. The van der Waals surface area contributed by atoms with Gasteiger partial charge in [-0.15, -0.1) is 10.2 Å². The predicted molar refractivity (Wildman–Crippen MR) is 94.0 cm³/mol. The Kier molecular flexibility index (Phi) is 5.16. The van der Waals surface area contributed by atoms with Crippen molar-refractivity contribution in [3.8, 4) is 0 Å². The van der Waals surface area contributed by atoms with Crippen LogP contribution >= 0.6 is 0 Å². The van der Waals surface area contributed by atoms with Crippen LogP contribution in [-0.2, 0) is 7.05 Å². The summed E-state index contributed by atoms with van der Waals surface area (Å²) in [6.07, 6.45) is 4.99. The summed E-state index contributed by atoms with van der Waals surface area (Å²) in [7, 11) is 1.81. The van der Waals surface area contributed by atoms with E-state index in [1.54, 1.807) is 17.0 Å². The third kappa shape index (κ3) is 4.07. The lowest BCUT2D eigenvalue weighted by Gasteiger charge is -2.30. The van der Waals surface area contributed by atoms with Crippen LogP contribution in [0.15, 0.2) is 24.5 Å². The summed E-state index contributed by atoms with van der Waals surface area (Å²) in [5.74, 6) is 0.267. The zero-order valence-electron chi connectivity index (χ0n) is 14.5. The van der Waals surface area contributed by atoms with Crippen LogP contribution in [0, 0.1) is 5.82 Å². The van der Waals surface area contributed by atoms with E-state index in [1.807, 2.05) is 14.0 Å². The van der Waals surface area contributed by atoms with E-state index in [9.17, 15) is 9.18 Å². The number of aryl methyl sites for hydroxylation is 1. The minimum Gasteiger partial charge on any atom is -0.370 e. The molecule has 1 aromatic heterocycles. The Hall–Kier alpha value is -2.64. The molecule has 0 spiro atoms. The molecule has 0 unspecified atom stereocenters. The van der Waals surface area contributed by atoms with E-state index >= 15 is 0 Å². The molecule has 1 saturated heterocycles. The number of halogens is 1. The quantitative estimate of drug-likeness (QED) is 0.893. The van der Waals surface area contributed by atoms with Gasteiger partial charge in [0.1, 0.15) is 12.1 Å². The molecular formula is C17H23FN6O. The summed E-state index contributed by atoms with van der Waals surface area (Å²) in [5, 5.41) is 13.4. The van der Waals surface area contributed by atoms with Crippen molar-refractivity contribution >= 4 is 17.4 Å². The maximum atomic E-state index is 13.7. The number of hydrogen-bond acceptors (Lipinski definition) is 4. The van der Waals surface area contributed by atoms with Gasteiger partial charge in [-0.2, -0.15) is 0 Å². The van der Waals surface area contributed by atoms with E-state index in [4.69, 9.17) is 0 Å². The average Bonchev–Trinajstić information content (AvgIpc) is 3.02. The van der Waals surface area contributed by atoms with Gasteiger partial charge in [0.2, 0.25) is 0 Å². The molecule has 1 aliphatic rings. The van der Waals surface area contributed by atoms with E-state index in [0.29, 0.717) is 11.5 Å². The number of carbonyl (C=O) groups is 1. The third-order valence-electron chi connectivity index (χ3n) is 4.38. The van der Waals surface area contributed by atoms with Gasteiger partial charge in [0.25, 0.3) is 0 Å². The highest BCUT2D eigenvalue weighted by atomic mass is 19.1. The first-order valence-corrected chi connectivity index (χ1v) is 8.50. The molecule has 1 fully saturated rings. The Morgan fingerprint density at radius 2 is 2.04 bits per heavy atom. The molecule has 8 heteroatoms. The second-order valence-electron chi connectivity index (χ2n) is 6.33. The fraction of sp³-hybridized carbons (Fsp3) is 0.471. The lowest BCUT2D eigenvalue weighted by atomic mass is 10.1. The molecule has 1 aromatic carbocycles. The Morgan fingerprint density at radius 3 is 2.72 bits per heavy atom. The summed E-state index contributed by atoms with van der Waals surface area (Å²) < 4.78 is 15.4. The molecular weight excluding hydrogens is 323 g/mol. The van der Waals surface area contributed by atoms with Gasteiger partial charge in [-0.25, -0.2) is 9.18 Å². The number of urea groups is 1. The summed E-state index contributed by atoms with van der Waals surface area (Å²) >= 11 is 0. The minimum atomic E-state index is -0.403. The number of piperidine rings is 1. The summed E-state index contributed by atoms with van der Waals surface area (Å²) in [6, 6.07) is 3.78. The molecule has 1 atom stereocenters. The zero-order valence-corrected chi connectivity index (χ0v) is 14.5. The molecule has 2 N–H and O–H groups in total. The highest BCUT2D eigenvalue weighted by Crippen LogP contribution is 2.29. The Labute approximate surface area is 146 Å². The topological polar surface area (TPSA) is 75.1 Å². The Bertz CT molecular complexity index is 740. The number of carbonyl (C=O) groups excluding carboxylic acids is 1. The van der Waals surface area contributed by atoms with Crippen LogP contribution < -0.4 is 15.5 Å². The summed E-state index contributed by atoms with van der Waals surface area (Å²) in [5.41, 5.74) is 1.33. The molecule has 0 bridgehead atoms. The number of hydrogen-bond donors (Lipinski definition) is 2. The van der Waals surface area contributed by atoms with E-state index in [0.717, 1.165) is 31.6 Å². The largest absolute Gasteiger partial charge is 0.370 e. The van der Waals surface area contributed by atoms with Crippen molar-refractivity contribution in [1.82, 2.24) is 20.1 Å². The van der Waals surface area contributed by atoms with E-state index in [1.165, 1.54) is 18.6 Å². The van der Waals surface area contributed by atoms with Gasteiger partial charge < -0.3 is 20.1 Å². The average molecular weight is 346 g/mol. The predicted octanol–water partition coefficient (Wildman–Crippen LogP) is 2.83. The van der Waals surface area contributed by atoms with Crippen molar-refractivity contribution in [2.45, 2.75) is 32.2 Å². The Morgan fingerprint density at radius 1 is 1.28 bits per heavy atom. The fourth-order valence-electron chi connectivity index (χ4n) is 3.12. The highest BCUT2D eigenvalue weighted by molar-refractivity contribution is 5.93. The molecule has 1 aliphatic heterocycles. The second-order valence-corrected chi connectivity index (χ2v) is 6.33. The van der Waals surface area contributed by atoms with Crippen LogP contribution in [0.25, 0.3) is 0 Å². The molecule has 2 amide bonds. The van der Waals surface area contributed by atoms with Gasteiger partial charge in [-0.1, -0.05) is 0 Å². The SMILES string of the molecule is C[C@H](NC(=O)Nc1cc(F)ccc1N1CCCCC1)c1nncn1C. The summed E-state index contributed by atoms with van der Waals surface area (Å²) in [6.45, 7) is 3.65. The third-order valence-corrected chi connectivity index (χ3v) is 4.38. The number of nitrogens with zero attached hydrogens (tertiary/aromatic N) is 4. The van der Waals surface area contributed by atoms with Gasteiger partial charge >= 0.3 is 6.03 Å². The van der Waals surface area contributed by atoms with Crippen molar-refractivity contribution in [2.75, 3.05) is 23.3 Å². The normalized spacial score (nSPS) is 15.7. The molecule has 2 aromatic rings. The minimum absolute atomic E-state index is 0.320. The van der Waals surface area contributed by atoms with Gasteiger partial charge in [-0.05, 0) is 44.4 Å². The first kappa shape index (κ1) is 17.2. The van der Waals surface area contributed by atoms with Gasteiger partial charge in [0.15, 0.2) is 5.82 Å². The monoisotopic (exact) mass is 346 g/mol. The van der Waals surface area contributed by atoms with Crippen LogP contribution in [-0.4, -0.2) is 33.9 Å². The molecule has 7 nitrogen and oxygen atoms in total. The van der Waals surface area contributed by atoms with E-state index in [-0.39, 0.29) is 11.9 Å². The lowest BCUT2D eigenvalue weighted by Crippen LogP contribution is -2.34. The molecule has 25 heavy (non-hydrogen) atoms. The van der Waals surface area contributed by atoms with Crippen molar-refractivity contribution in [3.63, 3.8) is 0 Å². The Balaban J connectivity index is 1.72. The van der Waals surface area contributed by atoms with Crippen LogP contribution in [0.1, 0.15) is 38.1 Å². The van der Waals surface area contributed by atoms with Gasteiger partial charge in [0.05, 0.1) is 17.4 Å². The molecule has 134 valence electrons. The molecule has 2 heterocycles. The van der Waals surface area contributed by atoms with Gasteiger partial charge in [0, 0.05) is 20.1 Å². The van der Waals surface area contributed by atoms with Crippen molar-refractivity contribution in [1.29, 1.82) is 0 Å². The van der Waals surface area contributed by atoms with E-state index in [2.05, 4.69) is 25.7 Å². The number of aromatic nitrogens is 3. The van der Waals surface area contributed by atoms with Crippen molar-refractivity contribution in [2.24, 2.45) is 7.05 Å². The van der Waals surface area contributed by atoms with Crippen LogP contribution in [0.2, 0.25) is 0 Å². The van der Waals surface area contributed by atoms with Gasteiger partial charge in [-0.3, -0.25) is 0 Å². The lowest BCUT2D eigenvalue weighted by molar-refractivity contribution is 0.248. The van der Waals surface area contributed by atoms with Crippen molar-refractivity contribution < 1.29 is 9.18 Å². The second kappa shape index (κ2) is 7.50. The van der Waals surface area contributed by atoms with Crippen LogP contribution in [0.3, 0.4) is 0 Å². The zero-order chi connectivity index (χ0) is 17.8. The number of amides is 2. The maximum absolute atomic E-state index is 13.7. The van der Waals surface area contributed by atoms with Crippen molar-refractivity contribution in [3.05, 3.63) is 36.2 Å². The van der Waals surface area contributed by atoms with Crippen LogP contribution in [0.5, 0.6) is 0 Å². The number of benzene rings is 1. The fourth-order valence-corrected chi connectivity index (χ4v) is 3.12. The number of anilines is 2.